The Kier molecular flexibility index (Phi) is 6.90. The zero-order valence-corrected chi connectivity index (χ0v) is 15.4. The first kappa shape index (κ1) is 18.9. The van der Waals surface area contributed by atoms with Crippen LogP contribution in [0.15, 0.2) is 65.7 Å². The number of ketones is 1. The highest BCUT2D eigenvalue weighted by molar-refractivity contribution is 9.10. The predicted octanol–water partition coefficient (Wildman–Crippen LogP) is 5.62. The van der Waals surface area contributed by atoms with Crippen LogP contribution in [0.3, 0.4) is 0 Å². The summed E-state index contributed by atoms with van der Waals surface area (Å²) in [6.45, 7) is 3.73. The van der Waals surface area contributed by atoms with E-state index in [2.05, 4.69) is 22.5 Å². The minimum Gasteiger partial charge on any atom is -0.496 e. The van der Waals surface area contributed by atoms with Crippen molar-refractivity contribution in [2.45, 2.75) is 6.42 Å². The maximum absolute atomic E-state index is 13.2. The Bertz CT molecular complexity index is 838. The average molecular weight is 401 g/mol. The molecule has 0 N–H and O–H groups in total. The van der Waals surface area contributed by atoms with Gasteiger partial charge in [0.05, 0.1) is 7.11 Å². The molecule has 0 saturated heterocycles. The van der Waals surface area contributed by atoms with Crippen LogP contribution in [0.1, 0.15) is 16.7 Å². The van der Waals surface area contributed by atoms with Gasteiger partial charge in [-0.2, -0.15) is 0 Å². The number of halogens is 2. The molecule has 0 heterocycles. The van der Waals surface area contributed by atoms with Crippen LogP contribution in [0.4, 0.5) is 4.39 Å². The number of ether oxygens (including phenoxy) is 1. The Balaban J connectivity index is 2.12. The summed E-state index contributed by atoms with van der Waals surface area (Å²) >= 11 is 3.33. The lowest BCUT2D eigenvalue weighted by Gasteiger charge is -2.07. The maximum Gasteiger partial charge on any atom is 0.178 e. The van der Waals surface area contributed by atoms with Gasteiger partial charge in [0.15, 0.2) is 5.78 Å². The summed E-state index contributed by atoms with van der Waals surface area (Å²) in [5.74, 6) is 0.260. The Morgan fingerprint density at radius 1 is 1.20 bits per heavy atom. The molecule has 2 nitrogen and oxygen atoms in total. The molecule has 0 aliphatic rings. The normalized spacial score (nSPS) is 11.2. The number of rotatable bonds is 7. The van der Waals surface area contributed by atoms with Crippen molar-refractivity contribution in [3.05, 3.63) is 88.2 Å². The molecule has 128 valence electrons. The molecule has 4 heteroatoms. The lowest BCUT2D eigenvalue weighted by molar-refractivity contribution is -0.110. The van der Waals surface area contributed by atoms with E-state index in [1.54, 1.807) is 31.4 Å². The monoisotopic (exact) mass is 400 g/mol. The van der Waals surface area contributed by atoms with Gasteiger partial charge in [0.25, 0.3) is 0 Å². The Morgan fingerprint density at radius 2 is 1.96 bits per heavy atom. The third kappa shape index (κ3) is 5.54. The van der Waals surface area contributed by atoms with Crippen molar-refractivity contribution in [1.29, 1.82) is 0 Å². The molecule has 0 aliphatic carbocycles. The second-order valence-electron chi connectivity index (χ2n) is 5.30. The molecule has 0 aliphatic heterocycles. The average Bonchev–Trinajstić information content (AvgIpc) is 2.61. The van der Waals surface area contributed by atoms with Gasteiger partial charge in [-0.3, -0.25) is 4.79 Å². The number of benzene rings is 2. The third-order valence-corrected chi connectivity index (χ3v) is 4.22. The van der Waals surface area contributed by atoms with E-state index in [-0.39, 0.29) is 11.6 Å². The van der Waals surface area contributed by atoms with Gasteiger partial charge in [0, 0.05) is 4.47 Å². The van der Waals surface area contributed by atoms with Crippen molar-refractivity contribution in [2.24, 2.45) is 0 Å². The van der Waals surface area contributed by atoms with Gasteiger partial charge in [-0.15, -0.1) is 6.58 Å². The number of carbonyl (C=O) groups is 1. The first-order valence-corrected chi connectivity index (χ1v) is 8.45. The van der Waals surface area contributed by atoms with E-state index < -0.39 is 0 Å². The van der Waals surface area contributed by atoms with Crippen LogP contribution in [-0.4, -0.2) is 12.9 Å². The Morgan fingerprint density at radius 3 is 2.68 bits per heavy atom. The van der Waals surface area contributed by atoms with E-state index in [1.807, 2.05) is 18.2 Å². The van der Waals surface area contributed by atoms with E-state index in [0.29, 0.717) is 12.0 Å². The molecule has 0 atom stereocenters. The minimum atomic E-state index is -0.348. The topological polar surface area (TPSA) is 26.3 Å². The van der Waals surface area contributed by atoms with Crippen LogP contribution in [-0.2, 0) is 11.2 Å². The molecule has 0 amide bonds. The van der Waals surface area contributed by atoms with Gasteiger partial charge >= 0.3 is 0 Å². The van der Waals surface area contributed by atoms with Crippen molar-refractivity contribution >= 4 is 33.9 Å². The fourth-order valence-corrected chi connectivity index (χ4v) is 2.64. The van der Waals surface area contributed by atoms with Gasteiger partial charge in [-0.05, 0) is 71.7 Å². The first-order chi connectivity index (χ1) is 12.0. The van der Waals surface area contributed by atoms with Crippen molar-refractivity contribution in [2.75, 3.05) is 7.11 Å². The predicted molar refractivity (Wildman–Crippen MR) is 104 cm³/mol. The molecule has 0 fully saturated rings. The molecule has 0 bridgehead atoms. The molecule has 0 saturated carbocycles. The van der Waals surface area contributed by atoms with Crippen LogP contribution in [0, 0.1) is 5.82 Å². The third-order valence-electron chi connectivity index (χ3n) is 3.49. The van der Waals surface area contributed by atoms with Crippen LogP contribution in [0.25, 0.3) is 12.2 Å². The molecular weight excluding hydrogens is 383 g/mol. The second kappa shape index (κ2) is 9.14. The first-order valence-electron chi connectivity index (χ1n) is 7.66. The number of allylic oxidation sites excluding steroid dienone is 3. The van der Waals surface area contributed by atoms with Crippen molar-refractivity contribution in [3.8, 4) is 5.75 Å². The summed E-state index contributed by atoms with van der Waals surface area (Å²) in [6.07, 6.45) is 8.69. The fraction of sp³-hybridized carbons (Fsp3) is 0.0952. The summed E-state index contributed by atoms with van der Waals surface area (Å²) in [5, 5.41) is 0. The molecule has 0 unspecified atom stereocenters. The van der Waals surface area contributed by atoms with Gasteiger partial charge < -0.3 is 4.74 Å². The highest BCUT2D eigenvalue weighted by Gasteiger charge is 2.02. The van der Waals surface area contributed by atoms with E-state index in [4.69, 9.17) is 4.74 Å². The molecule has 0 radical (unpaired) electrons. The molecule has 2 rings (SSSR count). The van der Waals surface area contributed by atoms with Gasteiger partial charge in [0.2, 0.25) is 0 Å². The Hall–Kier alpha value is -2.46. The molecule has 0 spiro atoms. The summed E-state index contributed by atoms with van der Waals surface area (Å²) in [5.41, 5.74) is 2.51. The minimum absolute atomic E-state index is 0.183. The van der Waals surface area contributed by atoms with Crippen LogP contribution >= 0.6 is 15.9 Å². The second-order valence-corrected chi connectivity index (χ2v) is 6.15. The van der Waals surface area contributed by atoms with Crippen molar-refractivity contribution in [3.63, 3.8) is 0 Å². The maximum atomic E-state index is 13.2. The number of hydrogen-bond acceptors (Lipinski definition) is 2. The largest absolute Gasteiger partial charge is 0.496 e. The molecule has 25 heavy (non-hydrogen) atoms. The summed E-state index contributed by atoms with van der Waals surface area (Å²) < 4.78 is 19.3. The van der Waals surface area contributed by atoms with Gasteiger partial charge in [-0.25, -0.2) is 4.39 Å². The van der Waals surface area contributed by atoms with Crippen LogP contribution in [0.2, 0.25) is 0 Å². The van der Waals surface area contributed by atoms with E-state index in [9.17, 15) is 9.18 Å². The molecule has 2 aromatic carbocycles. The summed E-state index contributed by atoms with van der Waals surface area (Å²) in [6, 6.07) is 10.0. The summed E-state index contributed by atoms with van der Waals surface area (Å²) in [7, 11) is 1.62. The number of carbonyl (C=O) groups excluding carboxylic acids is 1. The molecular formula is C21H18BrFO2. The van der Waals surface area contributed by atoms with E-state index >= 15 is 0 Å². The standard InChI is InChI=1S/C21H18BrFO2/c1-3-4-17-13-15(6-12-21(17)25-2)5-9-19(24)10-7-16-14-18(23)8-11-20(16)22/h3,5-14H,1,4H2,2H3/b9-5+,10-7+. The van der Waals surface area contributed by atoms with Crippen LogP contribution < -0.4 is 4.74 Å². The highest BCUT2D eigenvalue weighted by atomic mass is 79.9. The SMILES string of the molecule is C=CCc1cc(/C=C/C(=O)/C=C/c2cc(F)ccc2Br)ccc1OC. The molecule has 2 aromatic rings. The van der Waals surface area contributed by atoms with Crippen LogP contribution in [0.5, 0.6) is 5.75 Å². The zero-order valence-electron chi connectivity index (χ0n) is 13.8. The zero-order chi connectivity index (χ0) is 18.2. The fourth-order valence-electron chi connectivity index (χ4n) is 2.27. The quantitative estimate of drug-likeness (QED) is 0.445. The van der Waals surface area contributed by atoms with E-state index in [0.717, 1.165) is 21.3 Å². The highest BCUT2D eigenvalue weighted by Crippen LogP contribution is 2.22. The van der Waals surface area contributed by atoms with Crippen molar-refractivity contribution in [1.82, 2.24) is 0 Å². The lowest BCUT2D eigenvalue weighted by Crippen LogP contribution is -1.92. The van der Waals surface area contributed by atoms with Gasteiger partial charge in [0.1, 0.15) is 11.6 Å². The lowest BCUT2D eigenvalue weighted by atomic mass is 10.1. The van der Waals surface area contributed by atoms with Crippen molar-refractivity contribution < 1.29 is 13.9 Å². The Labute approximate surface area is 155 Å². The van der Waals surface area contributed by atoms with E-state index in [1.165, 1.54) is 24.3 Å². The smallest absolute Gasteiger partial charge is 0.178 e. The summed E-state index contributed by atoms with van der Waals surface area (Å²) in [4.78, 5) is 12.0. The number of methoxy groups -OCH3 is 1. The number of hydrogen-bond donors (Lipinski definition) is 0. The molecule has 0 aromatic heterocycles. The van der Waals surface area contributed by atoms with Gasteiger partial charge in [-0.1, -0.05) is 34.1 Å².